The Bertz CT molecular complexity index is 2590. The molecule has 0 amide bonds. The van der Waals surface area contributed by atoms with Gasteiger partial charge in [0, 0.05) is 65.0 Å². The number of rotatable bonds is 7. The lowest BCUT2D eigenvalue weighted by molar-refractivity contribution is 0.661. The molecule has 0 bridgehead atoms. The molecule has 0 unspecified atom stereocenters. The Balaban J connectivity index is 1.25. The summed E-state index contributed by atoms with van der Waals surface area (Å²) in [5.74, 6) is 0. The molecule has 252 valence electrons. The molecule has 0 radical (unpaired) electrons. The molecule has 0 saturated carbocycles. The van der Waals surface area contributed by atoms with Gasteiger partial charge in [-0.3, -0.25) is 0 Å². The first-order valence-electron chi connectivity index (χ1n) is 17.7. The Labute approximate surface area is 322 Å². The third-order valence-corrected chi connectivity index (χ3v) is 12.6. The van der Waals surface area contributed by atoms with E-state index < -0.39 is 0 Å². The van der Waals surface area contributed by atoms with Gasteiger partial charge >= 0.3 is 0 Å². The van der Waals surface area contributed by atoms with Crippen molar-refractivity contribution in [3.05, 3.63) is 187 Å². The van der Waals surface area contributed by atoms with Crippen LogP contribution >= 0.6 is 30.1 Å². The molecule has 0 N–H and O–H groups in total. The minimum atomic E-state index is -0.249. The number of benzene rings is 8. The molecule has 8 aromatic rings. The molecule has 1 aliphatic rings. The molecule has 0 aromatic heterocycles. The van der Waals surface area contributed by atoms with Crippen LogP contribution in [0.2, 0.25) is 0 Å². The highest BCUT2D eigenvalue weighted by molar-refractivity contribution is 14.2. The van der Waals surface area contributed by atoms with Gasteiger partial charge in [-0.15, -0.1) is 0 Å². The molecule has 2 nitrogen and oxygen atoms in total. The molecule has 0 heterocycles. The summed E-state index contributed by atoms with van der Waals surface area (Å²) in [5, 5.41) is 4.98. The Morgan fingerprint density at radius 3 is 1.79 bits per heavy atom. The maximum atomic E-state index is 2.47. The van der Waals surface area contributed by atoms with Crippen LogP contribution in [0.1, 0.15) is 30.5 Å². The largest absolute Gasteiger partial charge is 0.310 e. The number of hydrogen-bond acceptors (Lipinski definition) is 3. The molecular weight excluding hydrogens is 764 g/mol. The van der Waals surface area contributed by atoms with Gasteiger partial charge in [-0.25, -0.2) is 0 Å². The lowest BCUT2D eigenvalue weighted by Crippen LogP contribution is -2.18. The zero-order valence-corrected chi connectivity index (χ0v) is 32.3. The molecule has 0 atom stereocenters. The van der Waals surface area contributed by atoms with Crippen LogP contribution in [0.25, 0.3) is 32.7 Å². The molecule has 1 aliphatic carbocycles. The van der Waals surface area contributed by atoms with Crippen molar-refractivity contribution in [1.82, 2.24) is 0 Å². The van der Waals surface area contributed by atoms with E-state index >= 15 is 0 Å². The number of nitrogens with zero attached hydrogens (tertiary/aromatic N) is 2. The smallest absolute Gasteiger partial charge is 0.0543 e. The second-order valence-electron chi connectivity index (χ2n) is 14.1. The van der Waals surface area contributed by atoms with E-state index in [0.29, 0.717) is 0 Å². The minimum Gasteiger partial charge on any atom is -0.310 e. The number of fused-ring (bicyclic) bond motifs is 6. The fourth-order valence-electron chi connectivity index (χ4n) is 8.05. The van der Waals surface area contributed by atoms with Gasteiger partial charge in [-0.1, -0.05) is 125 Å². The van der Waals surface area contributed by atoms with Crippen LogP contribution in [0, 0.1) is 6.92 Å². The first-order chi connectivity index (χ1) is 25.4. The van der Waals surface area contributed by atoms with E-state index in [0.717, 1.165) is 22.7 Å². The maximum absolute atomic E-state index is 2.47. The first kappa shape index (κ1) is 32.8. The highest BCUT2D eigenvalue weighted by Crippen LogP contribution is 2.56. The number of aryl methyl sites for hydroxylation is 1. The molecule has 8 aromatic carbocycles. The summed E-state index contributed by atoms with van der Waals surface area (Å²) >= 11 is 2.36. The molecule has 52 heavy (non-hydrogen) atoms. The zero-order chi connectivity index (χ0) is 35.4. The van der Waals surface area contributed by atoms with Crippen LogP contribution in [-0.2, 0) is 5.41 Å². The fraction of sp³-hybridized carbons (Fsp3) is 0.0833. The second-order valence-corrected chi connectivity index (χ2v) is 16.1. The molecular formula is C48H37IN2S. The van der Waals surface area contributed by atoms with Gasteiger partial charge in [0.05, 0.1) is 11.4 Å². The summed E-state index contributed by atoms with van der Waals surface area (Å²) in [5.41, 5.74) is 13.3. The van der Waals surface area contributed by atoms with Gasteiger partial charge in [0.2, 0.25) is 0 Å². The Morgan fingerprint density at radius 1 is 0.481 bits per heavy atom. The SMILES string of the molecule is Cc1ccc(N(c2ccc3c(c2)C(C)(C)c2cc(N(c4ccccc4)c4ccc(SI)cc4)c4ccccc4c2-3)c2cccc3ccccc23)cc1. The third-order valence-electron chi connectivity index (χ3n) is 10.6. The molecule has 0 aliphatic heterocycles. The van der Waals surface area contributed by atoms with E-state index in [4.69, 9.17) is 0 Å². The van der Waals surface area contributed by atoms with E-state index in [1.54, 1.807) is 8.93 Å². The van der Waals surface area contributed by atoms with Gasteiger partial charge in [-0.05, 0) is 113 Å². The number of halogens is 1. The van der Waals surface area contributed by atoms with Crippen molar-refractivity contribution >= 4 is 85.8 Å². The number of hydrogen-bond donors (Lipinski definition) is 0. The van der Waals surface area contributed by atoms with E-state index in [9.17, 15) is 0 Å². The van der Waals surface area contributed by atoms with Gasteiger partial charge in [-0.2, -0.15) is 0 Å². The van der Waals surface area contributed by atoms with Gasteiger partial charge in [0.1, 0.15) is 0 Å². The zero-order valence-electron chi connectivity index (χ0n) is 29.3. The van der Waals surface area contributed by atoms with Gasteiger partial charge in [0.25, 0.3) is 0 Å². The molecule has 4 heteroatoms. The normalized spacial score (nSPS) is 12.8. The lowest BCUT2D eigenvalue weighted by atomic mass is 9.81. The monoisotopic (exact) mass is 800 g/mol. The molecule has 9 rings (SSSR count). The lowest BCUT2D eigenvalue weighted by Gasteiger charge is -2.30. The standard InChI is InChI=1S/C48H37IN2S/c1-32-20-22-35(23-21-32)51(45-19-11-13-33-12-7-8-16-39(33)45)37-26-29-42-43(30-37)48(2,3)44-31-46(40-17-9-10-18-41(40)47(42)44)50(34-14-5-4-6-15-34)36-24-27-38(52-49)28-25-36/h4-31H,1-3H3. The van der Waals surface area contributed by atoms with E-state index in [-0.39, 0.29) is 5.41 Å². The van der Waals surface area contributed by atoms with Crippen molar-refractivity contribution in [1.29, 1.82) is 0 Å². The first-order valence-corrected chi connectivity index (χ1v) is 21.1. The summed E-state index contributed by atoms with van der Waals surface area (Å²) in [6.07, 6.45) is 0. The predicted molar refractivity (Wildman–Crippen MR) is 233 cm³/mol. The van der Waals surface area contributed by atoms with Crippen LogP contribution < -0.4 is 9.80 Å². The van der Waals surface area contributed by atoms with Gasteiger partial charge < -0.3 is 9.80 Å². The van der Waals surface area contributed by atoms with Gasteiger partial charge in [0.15, 0.2) is 0 Å². The predicted octanol–water partition coefficient (Wildman–Crippen LogP) is 15.0. The number of anilines is 6. The van der Waals surface area contributed by atoms with Crippen LogP contribution in [0.5, 0.6) is 0 Å². The Kier molecular flexibility index (Phi) is 8.32. The highest BCUT2D eigenvalue weighted by atomic mass is 127. The summed E-state index contributed by atoms with van der Waals surface area (Å²) in [4.78, 5) is 6.10. The Morgan fingerprint density at radius 2 is 1.06 bits per heavy atom. The summed E-state index contributed by atoms with van der Waals surface area (Å²) < 4.78 is 0. The van der Waals surface area contributed by atoms with Crippen LogP contribution in [0.3, 0.4) is 0 Å². The topological polar surface area (TPSA) is 6.48 Å². The summed E-state index contributed by atoms with van der Waals surface area (Å²) in [6.45, 7) is 6.94. The van der Waals surface area contributed by atoms with E-state index in [1.807, 2.05) is 0 Å². The maximum Gasteiger partial charge on any atom is 0.0543 e. The molecule has 0 fully saturated rings. The molecule has 0 saturated heterocycles. The third kappa shape index (κ3) is 5.48. The Hall–Kier alpha value is -5.04. The van der Waals surface area contributed by atoms with Crippen LogP contribution in [0.15, 0.2) is 175 Å². The van der Waals surface area contributed by atoms with Crippen LogP contribution in [-0.4, -0.2) is 0 Å². The van der Waals surface area contributed by atoms with E-state index in [1.165, 1.54) is 65.6 Å². The average molecular weight is 801 g/mol. The fourth-order valence-corrected chi connectivity index (χ4v) is 9.17. The quantitative estimate of drug-likeness (QED) is 0.148. The minimum absolute atomic E-state index is 0.249. The van der Waals surface area contributed by atoms with Crippen LogP contribution in [0.4, 0.5) is 34.1 Å². The van der Waals surface area contributed by atoms with Crippen molar-refractivity contribution < 1.29 is 0 Å². The highest BCUT2D eigenvalue weighted by Gasteiger charge is 2.38. The van der Waals surface area contributed by atoms with Crippen molar-refractivity contribution in [2.24, 2.45) is 0 Å². The second kappa shape index (κ2) is 13.2. The van der Waals surface area contributed by atoms with Crippen molar-refractivity contribution in [2.75, 3.05) is 9.80 Å². The van der Waals surface area contributed by atoms with E-state index in [2.05, 4.69) is 222 Å². The molecule has 0 spiro atoms. The summed E-state index contributed by atoms with van der Waals surface area (Å²) in [7, 11) is 1.74. The average Bonchev–Trinajstić information content (AvgIpc) is 3.42. The van der Waals surface area contributed by atoms with Crippen molar-refractivity contribution in [3.63, 3.8) is 0 Å². The summed E-state index contributed by atoms with van der Waals surface area (Å²) in [6, 6.07) is 62.5. The van der Waals surface area contributed by atoms with Crippen molar-refractivity contribution in [2.45, 2.75) is 31.1 Å². The van der Waals surface area contributed by atoms with Crippen molar-refractivity contribution in [3.8, 4) is 11.1 Å². The number of para-hydroxylation sites is 1.